The summed E-state index contributed by atoms with van der Waals surface area (Å²) in [6, 6.07) is 49.1. The van der Waals surface area contributed by atoms with Crippen LogP contribution >= 0.6 is 7.29 Å². The van der Waals surface area contributed by atoms with Gasteiger partial charge in [0, 0.05) is 21.7 Å². The van der Waals surface area contributed by atoms with E-state index in [0.717, 1.165) is 33.0 Å². The number of fused-ring (bicyclic) bond motifs is 3. The molecule has 0 saturated carbocycles. The number of rotatable bonds is 8. The van der Waals surface area contributed by atoms with E-state index < -0.39 is 19.4 Å². The van der Waals surface area contributed by atoms with Crippen molar-refractivity contribution in [3.63, 3.8) is 0 Å². The maximum Gasteiger partial charge on any atom is 0.205 e. The van der Waals surface area contributed by atoms with Crippen molar-refractivity contribution in [3.05, 3.63) is 180 Å². The van der Waals surface area contributed by atoms with E-state index in [1.165, 1.54) is 11.1 Å². The lowest BCUT2D eigenvalue weighted by Gasteiger charge is -2.30. The molecule has 4 nitrogen and oxygen atoms in total. The number of aliphatic imine (C=N–C) groups is 1. The lowest BCUT2D eigenvalue weighted by molar-refractivity contribution is 0.407. The van der Waals surface area contributed by atoms with Gasteiger partial charge in [-0.15, -0.1) is 0 Å². The van der Waals surface area contributed by atoms with Crippen molar-refractivity contribution < 1.29 is 8.98 Å². The molecule has 0 unspecified atom stereocenters. The Morgan fingerprint density at radius 1 is 0.548 bits per heavy atom. The first-order chi connectivity index (χ1) is 20.7. The van der Waals surface area contributed by atoms with Crippen molar-refractivity contribution in [3.8, 4) is 11.1 Å². The number of furan rings is 1. The van der Waals surface area contributed by atoms with Gasteiger partial charge in [-0.25, -0.2) is 5.09 Å². The third-order valence-corrected chi connectivity index (χ3v) is 10.5. The van der Waals surface area contributed by atoms with Gasteiger partial charge in [-0.05, 0) is 53.1 Å². The lowest BCUT2D eigenvalue weighted by atomic mass is 9.97. The Balaban J connectivity index is 1.44. The van der Waals surface area contributed by atoms with Crippen molar-refractivity contribution in [1.82, 2.24) is 5.09 Å². The Kier molecular flexibility index (Phi) is 7.01. The van der Waals surface area contributed by atoms with Crippen LogP contribution in [0, 0.1) is 0 Å². The van der Waals surface area contributed by atoms with Crippen molar-refractivity contribution in [2.45, 2.75) is 12.1 Å². The summed E-state index contributed by atoms with van der Waals surface area (Å²) in [6.07, 6.45) is 1.66. The minimum Gasteiger partial charge on any atom is -0.468 e. The highest BCUT2D eigenvalue weighted by molar-refractivity contribution is 7.76. The number of nitrogens with zero attached hydrogens (tertiary/aromatic N) is 1. The molecule has 6 aromatic rings. The predicted molar refractivity (Wildman–Crippen MR) is 171 cm³/mol. The summed E-state index contributed by atoms with van der Waals surface area (Å²) in [4.78, 5) is 5.53. The second kappa shape index (κ2) is 11.3. The molecule has 0 bridgehead atoms. The van der Waals surface area contributed by atoms with Gasteiger partial charge in [-0.1, -0.05) is 115 Å². The summed E-state index contributed by atoms with van der Waals surface area (Å²) < 4.78 is 21.4. The monoisotopic (exact) mass is 564 g/mol. The van der Waals surface area contributed by atoms with E-state index in [9.17, 15) is 0 Å². The molecule has 0 spiro atoms. The molecule has 5 heteroatoms. The number of benzene rings is 5. The van der Waals surface area contributed by atoms with E-state index in [-0.39, 0.29) is 0 Å². The topological polar surface area (TPSA) is 54.6 Å². The van der Waals surface area contributed by atoms with Crippen LogP contribution in [0.5, 0.6) is 0 Å². The highest BCUT2D eigenvalue weighted by Crippen LogP contribution is 2.47. The largest absolute Gasteiger partial charge is 0.468 e. The smallest absolute Gasteiger partial charge is 0.205 e. The van der Waals surface area contributed by atoms with Crippen LogP contribution in [0.1, 0.15) is 34.5 Å². The van der Waals surface area contributed by atoms with E-state index in [1.54, 1.807) is 6.26 Å². The molecule has 1 heterocycles. The zero-order valence-electron chi connectivity index (χ0n) is 22.9. The molecule has 2 atom stereocenters. The molecule has 5 aromatic carbocycles. The minimum atomic E-state index is -3.35. The van der Waals surface area contributed by atoms with Crippen LogP contribution in [0.3, 0.4) is 0 Å². The quantitative estimate of drug-likeness (QED) is 0.190. The van der Waals surface area contributed by atoms with Crippen LogP contribution in [-0.2, 0) is 4.57 Å². The van der Waals surface area contributed by atoms with Crippen LogP contribution in [-0.4, -0.2) is 5.71 Å². The first-order valence-corrected chi connectivity index (χ1v) is 15.8. The van der Waals surface area contributed by atoms with Crippen LogP contribution < -0.4 is 15.7 Å². The first kappa shape index (κ1) is 26.2. The molecule has 0 saturated heterocycles. The molecule has 42 heavy (non-hydrogen) atoms. The molecule has 1 aliphatic carbocycles. The molecule has 0 amide bonds. The second-order valence-electron chi connectivity index (χ2n) is 10.3. The van der Waals surface area contributed by atoms with Crippen molar-refractivity contribution >= 4 is 23.6 Å². The molecular formula is C37H29N2O2P. The summed E-state index contributed by atoms with van der Waals surface area (Å²) >= 11 is 0. The predicted octanol–water partition coefficient (Wildman–Crippen LogP) is 8.10. The second-order valence-corrected chi connectivity index (χ2v) is 12.8. The zero-order valence-corrected chi connectivity index (χ0v) is 23.8. The summed E-state index contributed by atoms with van der Waals surface area (Å²) in [5.41, 5.74) is 6.43. The number of hydrogen-bond acceptors (Lipinski definition) is 3. The lowest BCUT2D eigenvalue weighted by Crippen LogP contribution is -2.33. The van der Waals surface area contributed by atoms with Gasteiger partial charge in [-0.2, -0.15) is 0 Å². The Morgan fingerprint density at radius 3 is 1.52 bits per heavy atom. The summed E-state index contributed by atoms with van der Waals surface area (Å²) in [6.45, 7) is 0. The number of nitrogens with one attached hydrogen (secondary N) is 1. The molecule has 204 valence electrons. The van der Waals surface area contributed by atoms with Gasteiger partial charge in [-0.3, -0.25) is 9.56 Å². The Bertz CT molecular complexity index is 1790. The molecule has 1 aromatic heterocycles. The van der Waals surface area contributed by atoms with Crippen LogP contribution in [0.15, 0.2) is 167 Å². The average Bonchev–Trinajstić information content (AvgIpc) is 3.71. The zero-order chi connectivity index (χ0) is 28.4. The minimum absolute atomic E-state index is 0.452. The Labute approximate surface area is 245 Å². The summed E-state index contributed by atoms with van der Waals surface area (Å²) in [5, 5.41) is 5.09. The van der Waals surface area contributed by atoms with Gasteiger partial charge >= 0.3 is 0 Å². The fraction of sp³-hybridized carbons (Fsp3) is 0.0541. The van der Waals surface area contributed by atoms with E-state index in [4.69, 9.17) is 9.41 Å². The molecule has 0 radical (unpaired) electrons. The van der Waals surface area contributed by atoms with Crippen LogP contribution in [0.25, 0.3) is 11.1 Å². The van der Waals surface area contributed by atoms with Gasteiger partial charge in [0.15, 0.2) is 0 Å². The Hall–Kier alpha value is -4.76. The average molecular weight is 565 g/mol. The van der Waals surface area contributed by atoms with E-state index in [1.807, 2.05) is 91.0 Å². The molecule has 1 N–H and O–H groups in total. The van der Waals surface area contributed by atoms with E-state index in [2.05, 4.69) is 65.8 Å². The van der Waals surface area contributed by atoms with Gasteiger partial charge in [0.25, 0.3) is 0 Å². The first-order valence-electron chi connectivity index (χ1n) is 14.1. The molecule has 1 aliphatic rings. The number of hydrogen-bond donors (Lipinski definition) is 1. The van der Waals surface area contributed by atoms with Gasteiger partial charge in [0.1, 0.15) is 5.76 Å². The SMILES string of the molecule is O=P(N[C@H](c1ccco1)[C@H](N=C1c2ccccc2-c2ccccc21)c1ccccc1)(c1ccccc1)c1ccccc1. The van der Waals surface area contributed by atoms with Gasteiger partial charge in [0.05, 0.1) is 24.1 Å². The summed E-state index contributed by atoms with van der Waals surface area (Å²) in [5.74, 6) is 0.667. The van der Waals surface area contributed by atoms with Crippen LogP contribution in [0.4, 0.5) is 0 Å². The van der Waals surface area contributed by atoms with Crippen LogP contribution in [0.2, 0.25) is 0 Å². The van der Waals surface area contributed by atoms with Gasteiger partial charge in [0.2, 0.25) is 7.29 Å². The normalized spacial score (nSPS) is 13.7. The molecule has 0 fully saturated rings. The summed E-state index contributed by atoms with van der Waals surface area (Å²) in [7, 11) is -3.35. The van der Waals surface area contributed by atoms with Crippen molar-refractivity contribution in [2.75, 3.05) is 0 Å². The Morgan fingerprint density at radius 2 is 1.02 bits per heavy atom. The van der Waals surface area contributed by atoms with Crippen molar-refractivity contribution in [2.24, 2.45) is 4.99 Å². The molecular weight excluding hydrogens is 535 g/mol. The third kappa shape index (κ3) is 4.75. The fourth-order valence-corrected chi connectivity index (χ4v) is 8.23. The fourth-order valence-electron chi connectivity index (χ4n) is 5.79. The van der Waals surface area contributed by atoms with Gasteiger partial charge < -0.3 is 4.42 Å². The molecule has 0 aliphatic heterocycles. The van der Waals surface area contributed by atoms with E-state index in [0.29, 0.717) is 5.76 Å². The van der Waals surface area contributed by atoms with Crippen molar-refractivity contribution in [1.29, 1.82) is 0 Å². The highest BCUT2D eigenvalue weighted by Gasteiger charge is 2.37. The maximum atomic E-state index is 15.3. The third-order valence-electron chi connectivity index (χ3n) is 7.79. The van der Waals surface area contributed by atoms with E-state index >= 15 is 4.57 Å². The molecule has 7 rings (SSSR count). The highest BCUT2D eigenvalue weighted by atomic mass is 31.2. The standard InChI is InChI=1S/C37H29N2O2P/c40-42(28-17-6-2-7-18-28,29-19-8-3-9-20-29)39-37(34-25-14-26-41-34)35(27-15-4-1-5-16-27)38-36-32-23-12-10-21-30(32)31-22-11-13-24-33(31)36/h1-26,35,37H,(H,39,40)/t35-,37-/m1/s1. The maximum absolute atomic E-state index is 15.3.